The van der Waals surface area contributed by atoms with Crippen LogP contribution in [0.2, 0.25) is 0 Å². The average Bonchev–Trinajstić information content (AvgIpc) is 3.49. The summed E-state index contributed by atoms with van der Waals surface area (Å²) in [5, 5.41) is 23.3. The van der Waals surface area contributed by atoms with E-state index >= 15 is 0 Å². The third-order valence-corrected chi connectivity index (χ3v) is 18.0. The summed E-state index contributed by atoms with van der Waals surface area (Å²) in [5.41, 5.74) is 0. The minimum absolute atomic E-state index is 0.0194. The van der Waals surface area contributed by atoms with Crippen molar-refractivity contribution in [2.45, 2.75) is 443 Å². The van der Waals surface area contributed by atoms with Gasteiger partial charge in [-0.05, 0) is 57.8 Å². The van der Waals surface area contributed by atoms with Crippen molar-refractivity contribution in [3.63, 3.8) is 0 Å². The summed E-state index contributed by atoms with van der Waals surface area (Å²) in [4.78, 5) is 24.6. The Morgan fingerprint density at radius 1 is 0.325 bits per heavy atom. The summed E-state index contributed by atoms with van der Waals surface area (Å²) in [6.07, 6.45) is 92.8. The van der Waals surface area contributed by atoms with E-state index in [0.29, 0.717) is 19.4 Å². The largest absolute Gasteiger partial charge is 0.466 e. The lowest BCUT2D eigenvalue weighted by atomic mass is 10.0. The van der Waals surface area contributed by atoms with Crippen molar-refractivity contribution < 1.29 is 24.5 Å². The minimum atomic E-state index is -0.846. The Hall–Kier alpha value is -1.66. The molecule has 1 amide bonds. The quantitative estimate of drug-likeness (QED) is 0.0320. The number of esters is 1. The molecule has 0 saturated carbocycles. The van der Waals surface area contributed by atoms with Crippen LogP contribution in [0.1, 0.15) is 431 Å². The number of nitrogens with one attached hydrogen (secondary N) is 1. The maximum absolute atomic E-state index is 12.5. The standard InChI is InChI=1S/C77H149NO5/c1-3-5-7-9-11-13-15-17-19-20-21-22-29-32-35-38-42-45-49-53-57-61-65-69-75(80)74(73-79)78-76(81)70-66-62-58-54-50-46-43-39-36-33-30-27-25-23-24-26-28-31-34-37-40-44-48-52-56-60-64-68-72-83-77(82)71-67-63-59-55-51-47-41-18-16-14-12-10-8-6-4-2/h23-24,65,69,74-75,79-80H,3-22,25-64,66-68,70-73H2,1-2H3,(H,78,81)/b24-23-,69-65+. The maximum Gasteiger partial charge on any atom is 0.305 e. The topological polar surface area (TPSA) is 95.9 Å². The highest BCUT2D eigenvalue weighted by Crippen LogP contribution is 2.19. The van der Waals surface area contributed by atoms with Gasteiger partial charge in [0.15, 0.2) is 0 Å². The first-order valence-electron chi connectivity index (χ1n) is 38.1. The van der Waals surface area contributed by atoms with Gasteiger partial charge >= 0.3 is 5.97 Å². The summed E-state index contributed by atoms with van der Waals surface area (Å²) in [5.74, 6) is -0.0437. The number of aliphatic hydroxyl groups excluding tert-OH is 2. The van der Waals surface area contributed by atoms with E-state index in [2.05, 4.69) is 31.3 Å². The molecule has 3 N–H and O–H groups in total. The van der Waals surface area contributed by atoms with E-state index in [1.807, 2.05) is 6.08 Å². The van der Waals surface area contributed by atoms with Gasteiger partial charge in [-0.15, -0.1) is 0 Å². The SMILES string of the molecule is CCCCCCCCCCCCCCCCCCCCCCC/C=C/C(O)C(CO)NC(=O)CCCCCCCCCCCCCC/C=C\CCCCCCCCCCCCCCOC(=O)CCCCCCCCCCCCCCCCC. The molecule has 6 nitrogen and oxygen atoms in total. The number of ether oxygens (including phenoxy) is 1. The fraction of sp³-hybridized carbons (Fsp3) is 0.922. The number of rotatable bonds is 72. The molecule has 83 heavy (non-hydrogen) atoms. The molecule has 0 saturated heterocycles. The van der Waals surface area contributed by atoms with E-state index in [1.54, 1.807) is 6.08 Å². The Balaban J connectivity index is 3.39. The molecule has 0 spiro atoms. The van der Waals surface area contributed by atoms with E-state index in [1.165, 1.54) is 366 Å². The highest BCUT2D eigenvalue weighted by Gasteiger charge is 2.18. The van der Waals surface area contributed by atoms with Gasteiger partial charge in [0.25, 0.3) is 0 Å². The predicted octanol–water partition coefficient (Wildman–Crippen LogP) is 24.9. The number of amides is 1. The second-order valence-corrected chi connectivity index (χ2v) is 26.3. The van der Waals surface area contributed by atoms with Crippen LogP contribution < -0.4 is 5.32 Å². The third kappa shape index (κ3) is 69.3. The van der Waals surface area contributed by atoms with Gasteiger partial charge in [0.05, 0.1) is 25.4 Å². The van der Waals surface area contributed by atoms with E-state index in [4.69, 9.17) is 4.74 Å². The van der Waals surface area contributed by atoms with Crippen LogP contribution in [0.25, 0.3) is 0 Å². The van der Waals surface area contributed by atoms with Gasteiger partial charge in [0.2, 0.25) is 5.91 Å². The number of carbonyl (C=O) groups is 2. The molecule has 0 aromatic carbocycles. The van der Waals surface area contributed by atoms with Crippen molar-refractivity contribution in [2.75, 3.05) is 13.2 Å². The van der Waals surface area contributed by atoms with Crippen molar-refractivity contribution in [3.05, 3.63) is 24.3 Å². The monoisotopic (exact) mass is 1170 g/mol. The smallest absolute Gasteiger partial charge is 0.305 e. The van der Waals surface area contributed by atoms with Crippen molar-refractivity contribution in [3.8, 4) is 0 Å². The maximum atomic E-state index is 12.5. The van der Waals surface area contributed by atoms with E-state index in [-0.39, 0.29) is 18.5 Å². The number of aliphatic hydroxyl groups is 2. The molecule has 492 valence electrons. The lowest BCUT2D eigenvalue weighted by molar-refractivity contribution is -0.143. The van der Waals surface area contributed by atoms with Crippen LogP contribution >= 0.6 is 0 Å². The number of hydrogen-bond donors (Lipinski definition) is 3. The second-order valence-electron chi connectivity index (χ2n) is 26.3. The van der Waals surface area contributed by atoms with Gasteiger partial charge in [-0.1, -0.05) is 385 Å². The van der Waals surface area contributed by atoms with Crippen molar-refractivity contribution in [1.82, 2.24) is 5.32 Å². The summed E-state index contributed by atoms with van der Waals surface area (Å²) in [6, 6.07) is -0.629. The van der Waals surface area contributed by atoms with Gasteiger partial charge in [0.1, 0.15) is 0 Å². The number of carbonyl (C=O) groups excluding carboxylic acids is 2. The zero-order valence-electron chi connectivity index (χ0n) is 56.5. The molecule has 0 fully saturated rings. The second kappa shape index (κ2) is 72.8. The van der Waals surface area contributed by atoms with Crippen molar-refractivity contribution in [1.29, 1.82) is 0 Å². The molecule has 0 aliphatic carbocycles. The Bertz CT molecular complexity index is 1300. The molecule has 0 heterocycles. The number of allylic oxidation sites excluding steroid dienone is 3. The van der Waals surface area contributed by atoms with E-state index in [0.717, 1.165) is 38.5 Å². The Morgan fingerprint density at radius 2 is 0.566 bits per heavy atom. The molecule has 0 aliphatic rings. The molecule has 0 bridgehead atoms. The Morgan fingerprint density at radius 3 is 0.855 bits per heavy atom. The summed E-state index contributed by atoms with van der Waals surface area (Å²) >= 11 is 0. The Labute approximate surface area is 520 Å². The average molecular weight is 1170 g/mol. The highest BCUT2D eigenvalue weighted by molar-refractivity contribution is 5.76. The molecule has 2 atom stereocenters. The molecule has 0 aliphatic heterocycles. The van der Waals surface area contributed by atoms with Crippen LogP contribution in [0.15, 0.2) is 24.3 Å². The Kier molecular flexibility index (Phi) is 71.4. The first-order valence-corrected chi connectivity index (χ1v) is 38.1. The molecule has 0 rings (SSSR count). The number of hydrogen-bond acceptors (Lipinski definition) is 5. The third-order valence-electron chi connectivity index (χ3n) is 18.0. The number of unbranched alkanes of at least 4 members (excludes halogenated alkanes) is 59. The van der Waals surface area contributed by atoms with E-state index in [9.17, 15) is 19.8 Å². The molecular weight excluding hydrogens is 1020 g/mol. The first kappa shape index (κ1) is 81.3. The fourth-order valence-electron chi connectivity index (χ4n) is 12.2. The zero-order valence-corrected chi connectivity index (χ0v) is 56.5. The van der Waals surface area contributed by atoms with Gasteiger partial charge in [0, 0.05) is 12.8 Å². The molecule has 6 heteroatoms. The molecule has 0 aromatic rings. The molecule has 2 unspecified atom stereocenters. The van der Waals surface area contributed by atoms with Gasteiger partial charge in [-0.3, -0.25) is 9.59 Å². The molecule has 0 aromatic heterocycles. The van der Waals surface area contributed by atoms with Gasteiger partial charge < -0.3 is 20.3 Å². The summed E-state index contributed by atoms with van der Waals surface area (Å²) in [6.45, 7) is 4.96. The highest BCUT2D eigenvalue weighted by atomic mass is 16.5. The lowest BCUT2D eigenvalue weighted by Gasteiger charge is -2.20. The van der Waals surface area contributed by atoms with Crippen molar-refractivity contribution in [2.24, 2.45) is 0 Å². The van der Waals surface area contributed by atoms with Gasteiger partial charge in [-0.2, -0.15) is 0 Å². The fourth-order valence-corrected chi connectivity index (χ4v) is 12.2. The summed E-state index contributed by atoms with van der Waals surface area (Å²) < 4.78 is 5.50. The van der Waals surface area contributed by atoms with Crippen LogP contribution in [0.4, 0.5) is 0 Å². The van der Waals surface area contributed by atoms with Crippen LogP contribution in [-0.4, -0.2) is 47.4 Å². The van der Waals surface area contributed by atoms with Gasteiger partial charge in [-0.25, -0.2) is 0 Å². The first-order chi connectivity index (χ1) is 41.0. The van der Waals surface area contributed by atoms with Crippen LogP contribution in [0.3, 0.4) is 0 Å². The van der Waals surface area contributed by atoms with Crippen molar-refractivity contribution >= 4 is 11.9 Å². The normalized spacial score (nSPS) is 12.6. The predicted molar refractivity (Wildman–Crippen MR) is 366 cm³/mol. The summed E-state index contributed by atoms with van der Waals surface area (Å²) in [7, 11) is 0. The lowest BCUT2D eigenvalue weighted by Crippen LogP contribution is -2.45. The van der Waals surface area contributed by atoms with Crippen LogP contribution in [-0.2, 0) is 14.3 Å². The molecule has 0 radical (unpaired) electrons. The molecular formula is C77H149NO5. The van der Waals surface area contributed by atoms with E-state index < -0.39 is 12.1 Å². The zero-order chi connectivity index (χ0) is 59.9. The minimum Gasteiger partial charge on any atom is -0.466 e. The van der Waals surface area contributed by atoms with Crippen LogP contribution in [0, 0.1) is 0 Å². The van der Waals surface area contributed by atoms with Crippen LogP contribution in [0.5, 0.6) is 0 Å².